The minimum absolute atomic E-state index is 0.209. The summed E-state index contributed by atoms with van der Waals surface area (Å²) in [7, 11) is 0. The molecule has 0 saturated heterocycles. The molecule has 0 unspecified atom stereocenters. The Morgan fingerprint density at radius 3 is 2.05 bits per heavy atom. The number of esters is 1. The molecule has 196 valence electrons. The fourth-order valence-electron chi connectivity index (χ4n) is 4.75. The monoisotopic (exact) mass is 532 g/mol. The molecule has 0 atom stereocenters. The standard InChI is InChI=1S/C35H32O3S/c1-3-4-20-37-32-22-31(35(36)38-24-25-14-8-5-9-15-25)34(27-18-12-7-13-19-27)30-23-33(39-2)28(21-29(30)32)26-16-10-6-11-17-26/h5-19,21-23H,3-4,20,24H2,1-2H3. The summed E-state index contributed by atoms with van der Waals surface area (Å²) in [5.74, 6) is 0.340. The molecule has 4 heteroatoms. The van der Waals surface area contributed by atoms with Crippen LogP contribution in [-0.2, 0) is 11.3 Å². The molecule has 0 N–H and O–H groups in total. The SMILES string of the molecule is CCCCOc1cc(C(=O)OCc2ccccc2)c(-c2ccccc2)c2cc(SC)c(-c3ccccc3)cc12. The van der Waals surface area contributed by atoms with Crippen LogP contribution in [0, 0.1) is 0 Å². The molecular weight excluding hydrogens is 500 g/mol. The van der Waals surface area contributed by atoms with Crippen LogP contribution < -0.4 is 4.74 Å². The maximum absolute atomic E-state index is 13.7. The van der Waals surface area contributed by atoms with Crippen molar-refractivity contribution in [2.75, 3.05) is 12.9 Å². The first-order chi connectivity index (χ1) is 19.2. The number of carbonyl (C=O) groups excluding carboxylic acids is 1. The molecule has 0 amide bonds. The molecule has 0 heterocycles. The number of thioether (sulfide) groups is 1. The Labute approximate surface area is 234 Å². The molecule has 5 aromatic carbocycles. The molecule has 0 bridgehead atoms. The molecular formula is C35H32O3S. The Morgan fingerprint density at radius 2 is 1.41 bits per heavy atom. The number of fused-ring (bicyclic) bond motifs is 1. The Balaban J connectivity index is 1.72. The van der Waals surface area contributed by atoms with E-state index in [2.05, 4.69) is 49.6 Å². The number of rotatable bonds is 10. The van der Waals surface area contributed by atoms with E-state index >= 15 is 0 Å². The van der Waals surface area contributed by atoms with Crippen LogP contribution in [0.15, 0.2) is 114 Å². The molecule has 0 aliphatic heterocycles. The number of benzene rings is 5. The maximum atomic E-state index is 13.7. The third-order valence-electron chi connectivity index (χ3n) is 6.75. The average Bonchev–Trinajstić information content (AvgIpc) is 3.00. The van der Waals surface area contributed by atoms with E-state index in [9.17, 15) is 4.79 Å². The summed E-state index contributed by atoms with van der Waals surface area (Å²) >= 11 is 1.70. The zero-order valence-corrected chi connectivity index (χ0v) is 23.2. The van der Waals surface area contributed by atoms with Crippen molar-refractivity contribution in [2.24, 2.45) is 0 Å². The molecule has 0 saturated carbocycles. The van der Waals surface area contributed by atoms with Crippen molar-refractivity contribution in [1.82, 2.24) is 0 Å². The molecule has 0 fully saturated rings. The molecule has 0 aliphatic carbocycles. The van der Waals surface area contributed by atoms with E-state index in [0.717, 1.165) is 56.3 Å². The number of unbranched alkanes of at least 4 members (excludes halogenated alkanes) is 1. The first-order valence-electron chi connectivity index (χ1n) is 13.3. The molecule has 0 spiro atoms. The normalized spacial score (nSPS) is 10.9. The van der Waals surface area contributed by atoms with Gasteiger partial charge in [0.25, 0.3) is 0 Å². The van der Waals surface area contributed by atoms with E-state index in [1.54, 1.807) is 11.8 Å². The quantitative estimate of drug-likeness (QED) is 0.102. The van der Waals surface area contributed by atoms with E-state index in [1.165, 1.54) is 0 Å². The zero-order chi connectivity index (χ0) is 27.0. The summed E-state index contributed by atoms with van der Waals surface area (Å²) in [6, 6.07) is 36.5. The Hall–Kier alpha value is -4.02. The highest BCUT2D eigenvalue weighted by Crippen LogP contribution is 2.43. The van der Waals surface area contributed by atoms with Crippen LogP contribution in [0.4, 0.5) is 0 Å². The lowest BCUT2D eigenvalue weighted by molar-refractivity contribution is 0.0473. The molecule has 39 heavy (non-hydrogen) atoms. The lowest BCUT2D eigenvalue weighted by Gasteiger charge is -2.20. The first-order valence-corrected chi connectivity index (χ1v) is 14.6. The van der Waals surface area contributed by atoms with Crippen molar-refractivity contribution in [2.45, 2.75) is 31.3 Å². The topological polar surface area (TPSA) is 35.5 Å². The van der Waals surface area contributed by atoms with Gasteiger partial charge in [0.1, 0.15) is 12.4 Å². The number of ether oxygens (including phenoxy) is 2. The second kappa shape index (κ2) is 12.7. The third-order valence-corrected chi connectivity index (χ3v) is 7.53. The van der Waals surface area contributed by atoms with Crippen molar-refractivity contribution in [3.05, 3.63) is 120 Å². The van der Waals surface area contributed by atoms with Crippen molar-refractivity contribution in [1.29, 1.82) is 0 Å². The van der Waals surface area contributed by atoms with E-state index in [-0.39, 0.29) is 12.6 Å². The van der Waals surface area contributed by atoms with Crippen LogP contribution in [0.3, 0.4) is 0 Å². The van der Waals surface area contributed by atoms with Crippen molar-refractivity contribution >= 4 is 28.5 Å². The van der Waals surface area contributed by atoms with Crippen LogP contribution in [-0.4, -0.2) is 18.8 Å². The summed E-state index contributed by atoms with van der Waals surface area (Å²) in [6.07, 6.45) is 4.05. The fourth-order valence-corrected chi connectivity index (χ4v) is 5.38. The third kappa shape index (κ3) is 6.02. The lowest BCUT2D eigenvalue weighted by Crippen LogP contribution is -2.09. The average molecular weight is 533 g/mol. The lowest BCUT2D eigenvalue weighted by atomic mass is 9.90. The maximum Gasteiger partial charge on any atom is 0.339 e. The Kier molecular flexibility index (Phi) is 8.65. The van der Waals surface area contributed by atoms with Gasteiger partial charge in [-0.05, 0) is 58.5 Å². The Bertz CT molecular complexity index is 1550. The summed E-state index contributed by atoms with van der Waals surface area (Å²) in [5.41, 5.74) is 5.58. The largest absolute Gasteiger partial charge is 0.493 e. The van der Waals surface area contributed by atoms with Gasteiger partial charge >= 0.3 is 5.97 Å². The predicted octanol–water partition coefficient (Wildman–Crippen LogP) is 9.43. The summed E-state index contributed by atoms with van der Waals surface area (Å²) < 4.78 is 12.2. The summed E-state index contributed by atoms with van der Waals surface area (Å²) in [4.78, 5) is 14.8. The smallest absolute Gasteiger partial charge is 0.339 e. The van der Waals surface area contributed by atoms with Crippen molar-refractivity contribution in [3.8, 4) is 28.0 Å². The van der Waals surface area contributed by atoms with E-state index < -0.39 is 0 Å². The highest BCUT2D eigenvalue weighted by molar-refractivity contribution is 7.98. The zero-order valence-electron chi connectivity index (χ0n) is 22.4. The minimum Gasteiger partial charge on any atom is -0.493 e. The van der Waals surface area contributed by atoms with Gasteiger partial charge in [0.15, 0.2) is 0 Å². The van der Waals surface area contributed by atoms with E-state index in [0.29, 0.717) is 17.9 Å². The molecule has 3 nitrogen and oxygen atoms in total. The van der Waals surface area contributed by atoms with Gasteiger partial charge in [-0.3, -0.25) is 0 Å². The Morgan fingerprint density at radius 1 is 0.769 bits per heavy atom. The fraction of sp³-hybridized carbons (Fsp3) is 0.171. The van der Waals surface area contributed by atoms with Crippen LogP contribution >= 0.6 is 11.8 Å². The van der Waals surface area contributed by atoms with Gasteiger partial charge in [-0.2, -0.15) is 0 Å². The van der Waals surface area contributed by atoms with E-state index in [1.807, 2.05) is 72.8 Å². The van der Waals surface area contributed by atoms with E-state index in [4.69, 9.17) is 9.47 Å². The summed E-state index contributed by atoms with van der Waals surface area (Å²) in [5, 5.41) is 1.96. The second-order valence-corrected chi connectivity index (χ2v) is 10.2. The van der Waals surface area contributed by atoms with Gasteiger partial charge < -0.3 is 9.47 Å². The van der Waals surface area contributed by atoms with Crippen molar-refractivity contribution in [3.63, 3.8) is 0 Å². The minimum atomic E-state index is -0.363. The van der Waals surface area contributed by atoms with Gasteiger partial charge in [-0.25, -0.2) is 4.79 Å². The van der Waals surface area contributed by atoms with Crippen LogP contribution in [0.5, 0.6) is 5.75 Å². The van der Waals surface area contributed by atoms with Gasteiger partial charge in [-0.15, -0.1) is 11.8 Å². The number of carbonyl (C=O) groups is 1. The number of hydrogen-bond donors (Lipinski definition) is 0. The first kappa shape index (κ1) is 26.6. The van der Waals surface area contributed by atoms with Crippen LogP contribution in [0.25, 0.3) is 33.0 Å². The van der Waals surface area contributed by atoms with Gasteiger partial charge in [-0.1, -0.05) is 104 Å². The summed E-state index contributed by atoms with van der Waals surface area (Å²) in [6.45, 7) is 2.94. The second-order valence-electron chi connectivity index (χ2n) is 9.39. The van der Waals surface area contributed by atoms with Gasteiger partial charge in [0.2, 0.25) is 0 Å². The van der Waals surface area contributed by atoms with Crippen LogP contribution in [0.1, 0.15) is 35.7 Å². The highest BCUT2D eigenvalue weighted by Gasteiger charge is 2.23. The van der Waals surface area contributed by atoms with Crippen molar-refractivity contribution < 1.29 is 14.3 Å². The highest BCUT2D eigenvalue weighted by atomic mass is 32.2. The predicted molar refractivity (Wildman–Crippen MR) is 163 cm³/mol. The molecule has 0 aromatic heterocycles. The molecule has 0 aliphatic rings. The molecule has 5 aromatic rings. The molecule has 5 rings (SSSR count). The van der Waals surface area contributed by atoms with Gasteiger partial charge in [0, 0.05) is 15.8 Å². The van der Waals surface area contributed by atoms with Gasteiger partial charge in [0.05, 0.1) is 12.2 Å². The number of hydrogen-bond acceptors (Lipinski definition) is 4. The van der Waals surface area contributed by atoms with Crippen LogP contribution in [0.2, 0.25) is 0 Å². The molecule has 0 radical (unpaired) electrons.